The predicted octanol–water partition coefficient (Wildman–Crippen LogP) is 4.09. The number of hydrogen-bond acceptors (Lipinski definition) is 5. The van der Waals surface area contributed by atoms with Gasteiger partial charge in [-0.3, -0.25) is 0 Å². The van der Waals surface area contributed by atoms with Crippen molar-refractivity contribution in [3.05, 3.63) is 20.9 Å². The molecule has 0 radical (unpaired) electrons. The van der Waals surface area contributed by atoms with Crippen LogP contribution in [0.5, 0.6) is 0 Å². The van der Waals surface area contributed by atoms with Crippen LogP contribution in [0.25, 0.3) is 9.88 Å². The van der Waals surface area contributed by atoms with E-state index in [1.54, 1.807) is 22.7 Å². The topological polar surface area (TPSA) is 37.8 Å². The number of thiophene rings is 1. The van der Waals surface area contributed by atoms with Gasteiger partial charge in [0.1, 0.15) is 5.01 Å². The molecule has 0 spiro atoms. The Hall–Kier alpha value is -0.300. The van der Waals surface area contributed by atoms with Crippen LogP contribution >= 0.6 is 38.6 Å². The van der Waals surface area contributed by atoms with Crippen molar-refractivity contribution in [2.75, 3.05) is 6.54 Å². The summed E-state index contributed by atoms with van der Waals surface area (Å²) in [4.78, 5) is 1.17. The Bertz CT molecular complexity index is 481. The van der Waals surface area contributed by atoms with Gasteiger partial charge in [0.25, 0.3) is 0 Å². The fourth-order valence-corrected chi connectivity index (χ4v) is 3.69. The van der Waals surface area contributed by atoms with Gasteiger partial charge in [0.15, 0.2) is 5.01 Å². The fourth-order valence-electron chi connectivity index (χ4n) is 1.39. The Balaban J connectivity index is 2.10. The van der Waals surface area contributed by atoms with Gasteiger partial charge in [0.2, 0.25) is 0 Å². The van der Waals surface area contributed by atoms with Crippen molar-refractivity contribution in [2.45, 2.75) is 26.3 Å². The Morgan fingerprint density at radius 2 is 2.18 bits per heavy atom. The average molecular weight is 332 g/mol. The van der Waals surface area contributed by atoms with E-state index in [0.29, 0.717) is 0 Å². The van der Waals surface area contributed by atoms with Gasteiger partial charge >= 0.3 is 0 Å². The van der Waals surface area contributed by atoms with Crippen molar-refractivity contribution in [2.24, 2.45) is 0 Å². The summed E-state index contributed by atoms with van der Waals surface area (Å²) in [5.74, 6) is 0. The Morgan fingerprint density at radius 1 is 1.35 bits per heavy atom. The van der Waals surface area contributed by atoms with E-state index in [2.05, 4.69) is 51.4 Å². The lowest BCUT2D eigenvalue weighted by atomic mass is 10.3. The van der Waals surface area contributed by atoms with Crippen molar-refractivity contribution in [1.82, 2.24) is 15.5 Å². The Kier molecular flexibility index (Phi) is 4.67. The second kappa shape index (κ2) is 6.04. The third-order valence-corrected chi connectivity index (χ3v) is 5.19. The molecule has 0 aliphatic rings. The van der Waals surface area contributed by atoms with Gasteiger partial charge in [-0.05, 0) is 48.0 Å². The van der Waals surface area contributed by atoms with Gasteiger partial charge in [-0.1, -0.05) is 18.3 Å². The summed E-state index contributed by atoms with van der Waals surface area (Å²) < 4.78 is 1.13. The van der Waals surface area contributed by atoms with Crippen molar-refractivity contribution in [3.63, 3.8) is 0 Å². The van der Waals surface area contributed by atoms with Crippen LogP contribution in [0.1, 0.15) is 31.3 Å². The molecule has 0 saturated heterocycles. The summed E-state index contributed by atoms with van der Waals surface area (Å²) in [5, 5.41) is 14.0. The molecule has 0 amide bonds. The van der Waals surface area contributed by atoms with Gasteiger partial charge in [-0.15, -0.1) is 21.5 Å². The first-order valence-corrected chi connectivity index (χ1v) is 7.95. The Labute approximate surface area is 117 Å². The van der Waals surface area contributed by atoms with E-state index in [0.717, 1.165) is 26.8 Å². The Morgan fingerprint density at radius 3 is 2.82 bits per heavy atom. The highest BCUT2D eigenvalue weighted by Crippen LogP contribution is 2.34. The van der Waals surface area contributed by atoms with Crippen molar-refractivity contribution >= 4 is 38.6 Å². The van der Waals surface area contributed by atoms with Gasteiger partial charge in [-0.25, -0.2) is 0 Å². The number of rotatable bonds is 5. The van der Waals surface area contributed by atoms with Gasteiger partial charge in [0, 0.05) is 0 Å². The zero-order valence-corrected chi connectivity index (χ0v) is 13.0. The molecule has 6 heteroatoms. The van der Waals surface area contributed by atoms with E-state index in [1.165, 1.54) is 4.88 Å². The highest BCUT2D eigenvalue weighted by atomic mass is 79.9. The minimum atomic E-state index is 0.282. The maximum atomic E-state index is 4.25. The van der Waals surface area contributed by atoms with E-state index in [1.807, 2.05) is 6.07 Å². The molecule has 17 heavy (non-hydrogen) atoms. The number of nitrogens with zero attached hydrogens (tertiary/aromatic N) is 2. The summed E-state index contributed by atoms with van der Waals surface area (Å²) in [6, 6.07) is 4.40. The molecule has 0 fully saturated rings. The molecule has 1 atom stereocenters. The minimum Gasteiger partial charge on any atom is -0.308 e. The van der Waals surface area contributed by atoms with E-state index in [9.17, 15) is 0 Å². The van der Waals surface area contributed by atoms with Crippen LogP contribution in [0.15, 0.2) is 15.9 Å². The molecule has 3 nitrogen and oxygen atoms in total. The van der Waals surface area contributed by atoms with Gasteiger partial charge < -0.3 is 5.32 Å². The van der Waals surface area contributed by atoms with E-state index in [4.69, 9.17) is 0 Å². The van der Waals surface area contributed by atoms with Crippen LogP contribution in [0.3, 0.4) is 0 Å². The van der Waals surface area contributed by atoms with Crippen LogP contribution < -0.4 is 5.32 Å². The third kappa shape index (κ3) is 3.34. The average Bonchev–Trinajstić information content (AvgIpc) is 2.93. The molecule has 0 saturated carbocycles. The van der Waals surface area contributed by atoms with E-state index < -0.39 is 0 Å². The smallest absolute Gasteiger partial charge is 0.157 e. The fraction of sp³-hybridized carbons (Fsp3) is 0.455. The summed E-state index contributed by atoms with van der Waals surface area (Å²) >= 11 is 6.81. The van der Waals surface area contributed by atoms with Crippen molar-refractivity contribution < 1.29 is 0 Å². The van der Waals surface area contributed by atoms with Crippen LogP contribution in [0.4, 0.5) is 0 Å². The lowest BCUT2D eigenvalue weighted by Crippen LogP contribution is -2.18. The molecule has 2 aromatic heterocycles. The minimum absolute atomic E-state index is 0.282. The monoisotopic (exact) mass is 331 g/mol. The predicted molar refractivity (Wildman–Crippen MR) is 77.6 cm³/mol. The largest absolute Gasteiger partial charge is 0.308 e. The molecule has 2 aromatic rings. The summed E-state index contributed by atoms with van der Waals surface area (Å²) in [6.07, 6.45) is 1.13. The quantitative estimate of drug-likeness (QED) is 0.896. The molecule has 0 aliphatic heterocycles. The zero-order valence-electron chi connectivity index (χ0n) is 9.74. The first-order valence-electron chi connectivity index (χ1n) is 5.53. The summed E-state index contributed by atoms with van der Waals surface area (Å²) in [7, 11) is 0. The first kappa shape index (κ1) is 13.1. The number of nitrogens with one attached hydrogen (secondary N) is 1. The number of hydrogen-bond donors (Lipinski definition) is 1. The number of aromatic nitrogens is 2. The highest BCUT2D eigenvalue weighted by molar-refractivity contribution is 9.11. The van der Waals surface area contributed by atoms with Crippen LogP contribution in [0.2, 0.25) is 0 Å². The number of halogens is 1. The van der Waals surface area contributed by atoms with E-state index >= 15 is 0 Å². The molecular weight excluding hydrogens is 318 g/mol. The normalized spacial score (nSPS) is 12.9. The van der Waals surface area contributed by atoms with Crippen LogP contribution in [0, 0.1) is 0 Å². The maximum absolute atomic E-state index is 4.25. The molecular formula is C11H14BrN3S2. The van der Waals surface area contributed by atoms with Crippen molar-refractivity contribution in [3.8, 4) is 9.88 Å². The summed E-state index contributed by atoms with van der Waals surface area (Å²) in [5.41, 5.74) is 0. The molecule has 0 aromatic carbocycles. The molecule has 1 unspecified atom stereocenters. The zero-order chi connectivity index (χ0) is 12.3. The lowest BCUT2D eigenvalue weighted by Gasteiger charge is -2.08. The van der Waals surface area contributed by atoms with Gasteiger partial charge in [-0.2, -0.15) is 0 Å². The molecule has 2 rings (SSSR count). The van der Waals surface area contributed by atoms with Gasteiger partial charge in [0.05, 0.1) is 14.7 Å². The van der Waals surface area contributed by atoms with E-state index in [-0.39, 0.29) is 6.04 Å². The van der Waals surface area contributed by atoms with Crippen molar-refractivity contribution in [1.29, 1.82) is 0 Å². The first-order chi connectivity index (χ1) is 8.20. The maximum Gasteiger partial charge on any atom is 0.157 e. The molecule has 2 heterocycles. The second-order valence-corrected chi connectivity index (χ2v) is 7.20. The molecule has 0 bridgehead atoms. The molecule has 1 N–H and O–H groups in total. The highest BCUT2D eigenvalue weighted by Gasteiger charge is 2.13. The lowest BCUT2D eigenvalue weighted by molar-refractivity contribution is 0.564. The summed E-state index contributed by atoms with van der Waals surface area (Å²) in [6.45, 7) is 5.30. The standard InChI is InChI=1S/C11H14BrN3S2/c1-3-6-13-7(2)10-14-15-11(17-10)8-4-5-9(12)16-8/h4-5,7,13H,3,6H2,1-2H3. The SMILES string of the molecule is CCCNC(C)c1nnc(-c2ccc(Br)s2)s1. The van der Waals surface area contributed by atoms with Crippen LogP contribution in [-0.2, 0) is 0 Å². The second-order valence-electron chi connectivity index (χ2n) is 3.73. The molecule has 0 aliphatic carbocycles. The molecule has 92 valence electrons. The third-order valence-electron chi connectivity index (χ3n) is 2.30. The van der Waals surface area contributed by atoms with Crippen LogP contribution in [-0.4, -0.2) is 16.7 Å².